The number of nitrogens with zero attached hydrogens (tertiary/aromatic N) is 1. The molecule has 7 heteroatoms. The van der Waals surface area contributed by atoms with Crippen LogP contribution in [0.3, 0.4) is 0 Å². The first kappa shape index (κ1) is 12.5. The van der Waals surface area contributed by atoms with E-state index < -0.39 is 23.7 Å². The minimum absolute atomic E-state index is 0.0988. The molecule has 1 aromatic carbocycles. The molecule has 0 saturated carbocycles. The van der Waals surface area contributed by atoms with Gasteiger partial charge in [0.15, 0.2) is 0 Å². The molecule has 0 bridgehead atoms. The molecule has 94 valence electrons. The zero-order valence-electron chi connectivity index (χ0n) is 9.09. The van der Waals surface area contributed by atoms with Crippen LogP contribution in [0.1, 0.15) is 10.4 Å². The third kappa shape index (κ3) is 1.85. The number of fused-ring (bicyclic) bond motifs is 1. The molecule has 0 aromatic heterocycles. The van der Waals surface area contributed by atoms with Crippen LogP contribution in [0.25, 0.3) is 0 Å². The summed E-state index contributed by atoms with van der Waals surface area (Å²) in [6, 6.07) is 3.34. The van der Waals surface area contributed by atoms with Crippen molar-refractivity contribution in [2.24, 2.45) is 5.73 Å². The minimum atomic E-state index is -1.26. The number of halogens is 1. The Morgan fingerprint density at radius 2 is 2.11 bits per heavy atom. The molecule has 18 heavy (non-hydrogen) atoms. The van der Waals surface area contributed by atoms with Crippen molar-refractivity contribution in [1.82, 2.24) is 0 Å². The van der Waals surface area contributed by atoms with Crippen molar-refractivity contribution in [3.8, 4) is 0 Å². The maximum absolute atomic E-state index is 11.7. The second kappa shape index (κ2) is 4.40. The second-order valence-electron chi connectivity index (χ2n) is 3.82. The van der Waals surface area contributed by atoms with E-state index in [2.05, 4.69) is 0 Å². The van der Waals surface area contributed by atoms with E-state index in [0.29, 0.717) is 5.69 Å². The molecule has 1 aliphatic heterocycles. The van der Waals surface area contributed by atoms with Gasteiger partial charge in [-0.15, -0.1) is 0 Å². The van der Waals surface area contributed by atoms with Gasteiger partial charge >= 0.3 is 5.97 Å². The van der Waals surface area contributed by atoms with Crippen molar-refractivity contribution in [2.75, 3.05) is 11.4 Å². The zero-order chi connectivity index (χ0) is 13.4. The van der Waals surface area contributed by atoms with E-state index >= 15 is 0 Å². The highest BCUT2D eigenvalue weighted by atomic mass is 35.5. The van der Waals surface area contributed by atoms with Gasteiger partial charge in [-0.2, -0.15) is 0 Å². The number of ketones is 1. The summed E-state index contributed by atoms with van der Waals surface area (Å²) in [6.45, 7) is -0.271. The van der Waals surface area contributed by atoms with E-state index in [1.807, 2.05) is 0 Å². The average Bonchev–Trinajstić information content (AvgIpc) is 2.55. The van der Waals surface area contributed by atoms with E-state index in [1.165, 1.54) is 12.1 Å². The van der Waals surface area contributed by atoms with Gasteiger partial charge in [-0.25, -0.2) is 0 Å². The van der Waals surface area contributed by atoms with Gasteiger partial charge in [-0.1, -0.05) is 17.7 Å². The number of carboxylic acids is 1. The third-order valence-electron chi connectivity index (χ3n) is 2.65. The Hall–Kier alpha value is -1.92. The molecule has 3 N–H and O–H groups in total. The fraction of sp³-hybridized carbons (Fsp3) is 0.182. The summed E-state index contributed by atoms with van der Waals surface area (Å²) in [7, 11) is 0. The van der Waals surface area contributed by atoms with Crippen LogP contribution < -0.4 is 10.6 Å². The number of benzene rings is 1. The van der Waals surface area contributed by atoms with Gasteiger partial charge < -0.3 is 15.7 Å². The zero-order valence-corrected chi connectivity index (χ0v) is 9.85. The minimum Gasteiger partial charge on any atom is -0.480 e. The van der Waals surface area contributed by atoms with Crippen LogP contribution in [0.15, 0.2) is 18.2 Å². The lowest BCUT2D eigenvalue weighted by Crippen LogP contribution is -2.44. The number of hydrogen-bond acceptors (Lipinski definition) is 4. The van der Waals surface area contributed by atoms with Crippen LogP contribution in [0.5, 0.6) is 0 Å². The summed E-state index contributed by atoms with van der Waals surface area (Å²) in [6.07, 6.45) is 0. The van der Waals surface area contributed by atoms with Gasteiger partial charge in [0, 0.05) is 0 Å². The summed E-state index contributed by atoms with van der Waals surface area (Å²) in [4.78, 5) is 35.2. The number of rotatable bonds is 3. The van der Waals surface area contributed by atoms with Gasteiger partial charge in [0.2, 0.25) is 0 Å². The molecule has 6 nitrogen and oxygen atoms in total. The van der Waals surface area contributed by atoms with Gasteiger partial charge in [-0.05, 0) is 12.1 Å². The number of hydrogen-bond donors (Lipinski definition) is 2. The summed E-state index contributed by atoms with van der Waals surface area (Å²) in [5, 5.41) is 8.89. The molecular formula is C11H9ClN2O4. The Morgan fingerprint density at radius 1 is 1.44 bits per heavy atom. The van der Waals surface area contributed by atoms with Crippen LogP contribution in [0, 0.1) is 0 Å². The van der Waals surface area contributed by atoms with Gasteiger partial charge in [0.1, 0.15) is 6.04 Å². The smallest absolute Gasteiger partial charge is 0.322 e. The second-order valence-corrected chi connectivity index (χ2v) is 4.23. The Bertz CT molecular complexity index is 558. The molecular weight excluding hydrogens is 260 g/mol. The summed E-state index contributed by atoms with van der Waals surface area (Å²) in [5.74, 6) is -2.80. The van der Waals surface area contributed by atoms with Crippen LogP contribution >= 0.6 is 11.6 Å². The normalized spacial score (nSPS) is 15.8. The van der Waals surface area contributed by atoms with Crippen molar-refractivity contribution < 1.29 is 19.5 Å². The molecule has 1 atom stereocenters. The van der Waals surface area contributed by atoms with E-state index in [1.54, 1.807) is 6.07 Å². The number of nitrogens with two attached hydrogens (primary N) is 1. The summed E-state index contributed by atoms with van der Waals surface area (Å²) in [5.41, 5.74) is 5.76. The largest absolute Gasteiger partial charge is 0.480 e. The highest BCUT2D eigenvalue weighted by Crippen LogP contribution is 2.33. The maximum Gasteiger partial charge on any atom is 0.322 e. The number of anilines is 1. The number of aliphatic carboxylic acids is 1. The van der Waals surface area contributed by atoms with E-state index in [9.17, 15) is 14.4 Å². The molecule has 1 amide bonds. The number of carboxylic acid groups (broad SMARTS) is 1. The van der Waals surface area contributed by atoms with Gasteiger partial charge in [0.05, 0.1) is 22.8 Å². The fourth-order valence-electron chi connectivity index (χ4n) is 1.76. The molecule has 0 fully saturated rings. The van der Waals surface area contributed by atoms with Crippen LogP contribution in [0.2, 0.25) is 5.02 Å². The summed E-state index contributed by atoms with van der Waals surface area (Å²) >= 11 is 5.85. The topological polar surface area (TPSA) is 101 Å². The van der Waals surface area contributed by atoms with E-state index in [4.69, 9.17) is 22.4 Å². The third-order valence-corrected chi connectivity index (χ3v) is 2.96. The molecule has 0 radical (unpaired) electrons. The quantitative estimate of drug-likeness (QED) is 0.767. The average molecular weight is 269 g/mol. The number of carbonyl (C=O) groups is 3. The van der Waals surface area contributed by atoms with Crippen molar-refractivity contribution in [2.45, 2.75) is 6.04 Å². The fourth-order valence-corrected chi connectivity index (χ4v) is 2.01. The van der Waals surface area contributed by atoms with Crippen molar-refractivity contribution >= 4 is 34.9 Å². The molecule has 0 saturated heterocycles. The highest BCUT2D eigenvalue weighted by Gasteiger charge is 2.38. The van der Waals surface area contributed by atoms with Crippen molar-refractivity contribution in [3.05, 3.63) is 28.8 Å². The van der Waals surface area contributed by atoms with Crippen molar-refractivity contribution in [1.29, 1.82) is 0 Å². The number of carbonyl (C=O) groups excluding carboxylic acids is 2. The van der Waals surface area contributed by atoms with Crippen LogP contribution in [0.4, 0.5) is 5.69 Å². The molecule has 2 rings (SSSR count). The van der Waals surface area contributed by atoms with Crippen LogP contribution in [-0.4, -0.2) is 35.4 Å². The van der Waals surface area contributed by atoms with Crippen LogP contribution in [-0.2, 0) is 9.59 Å². The highest BCUT2D eigenvalue weighted by molar-refractivity contribution is 6.55. The first-order valence-electron chi connectivity index (χ1n) is 5.06. The molecule has 1 aromatic rings. The Labute approximate surface area is 107 Å². The van der Waals surface area contributed by atoms with E-state index in [-0.39, 0.29) is 17.1 Å². The SMILES string of the molecule is NC(CN1C(=O)C(=O)c2c(Cl)cccc21)C(=O)O. The predicted molar refractivity (Wildman–Crippen MR) is 63.7 cm³/mol. The lowest BCUT2D eigenvalue weighted by Gasteiger charge is -2.18. The van der Waals surface area contributed by atoms with Crippen molar-refractivity contribution in [3.63, 3.8) is 0 Å². The van der Waals surface area contributed by atoms with Gasteiger partial charge in [0.25, 0.3) is 11.7 Å². The molecule has 1 aliphatic rings. The van der Waals surface area contributed by atoms with E-state index in [0.717, 1.165) is 4.90 Å². The first-order chi connectivity index (χ1) is 8.43. The standard InChI is InChI=1S/C11H9ClN2O4/c12-5-2-1-3-7-8(5)9(15)10(16)14(7)4-6(13)11(17)18/h1-3,6H,4,13H2,(H,17,18). The Kier molecular flexibility index (Phi) is 3.06. The summed E-state index contributed by atoms with van der Waals surface area (Å²) < 4.78 is 0. The van der Waals surface area contributed by atoms with Gasteiger partial charge in [-0.3, -0.25) is 14.4 Å². The Morgan fingerprint density at radius 3 is 2.72 bits per heavy atom. The first-order valence-corrected chi connectivity index (χ1v) is 5.44. The number of Topliss-reactive ketones (excluding diaryl/α,β-unsaturated/α-hetero) is 1. The Balaban J connectivity index is 2.41. The lowest BCUT2D eigenvalue weighted by molar-refractivity contribution is -0.138. The predicted octanol–water partition coefficient (Wildman–Crippen LogP) is 0.281. The number of amides is 1. The molecule has 1 heterocycles. The lowest BCUT2D eigenvalue weighted by atomic mass is 10.1. The molecule has 0 spiro atoms. The maximum atomic E-state index is 11.7. The molecule has 0 aliphatic carbocycles. The molecule has 1 unspecified atom stereocenters. The monoisotopic (exact) mass is 268 g/mol.